The van der Waals surface area contributed by atoms with Gasteiger partial charge >= 0.3 is 0 Å². The van der Waals surface area contributed by atoms with E-state index in [1.165, 1.54) is 11.8 Å². The Kier molecular flexibility index (Phi) is 9.19. The Balaban J connectivity index is 1.06. The molecule has 0 radical (unpaired) electrons. The Bertz CT molecular complexity index is 1450. The molecule has 0 saturated carbocycles. The number of fused-ring (bicyclic) bond motifs is 1. The number of hydrogen-bond donors (Lipinski definition) is 0. The molecule has 1 fully saturated rings. The van der Waals surface area contributed by atoms with Crippen molar-refractivity contribution in [2.24, 2.45) is 0 Å². The molecule has 8 heteroatoms. The molecule has 3 aromatic carbocycles. The molecule has 2 heterocycles. The molecule has 0 unspecified atom stereocenters. The van der Waals surface area contributed by atoms with E-state index < -0.39 is 0 Å². The van der Waals surface area contributed by atoms with Crippen LogP contribution in [0.25, 0.3) is 22.1 Å². The number of hydrogen-bond acceptors (Lipinski definition) is 7. The highest BCUT2D eigenvalue weighted by Gasteiger charge is 2.19. The van der Waals surface area contributed by atoms with Gasteiger partial charge in [-0.1, -0.05) is 66.4 Å². The number of piperazine rings is 1. The average molecular weight is 561 g/mol. The minimum absolute atomic E-state index is 0.0706. The smallest absolute Gasteiger partial charge is 0.200 e. The molecule has 0 aliphatic carbocycles. The predicted octanol–water partition coefficient (Wildman–Crippen LogP) is 6.07. The van der Waals surface area contributed by atoms with Crippen molar-refractivity contribution in [1.82, 2.24) is 9.80 Å². The van der Waals surface area contributed by atoms with Crippen molar-refractivity contribution >= 4 is 39.3 Å². The van der Waals surface area contributed by atoms with Gasteiger partial charge in [0, 0.05) is 44.5 Å². The van der Waals surface area contributed by atoms with Crippen molar-refractivity contribution in [3.8, 4) is 22.6 Å². The summed E-state index contributed by atoms with van der Waals surface area (Å²) >= 11 is 7.41. The van der Waals surface area contributed by atoms with Gasteiger partial charge in [-0.2, -0.15) is 0 Å². The average Bonchev–Trinajstić information content (AvgIpc) is 2.98. The van der Waals surface area contributed by atoms with Crippen LogP contribution < -0.4 is 14.9 Å². The standard InChI is InChI=1S/C31H32N2O4S2/c1-35-25-10-8-24(9-11-25)28-22-37-29-20-26(12-13-27(29)30(28)34)36-18-5-19-39-31(38)33-16-14-32(15-17-33)21-23-6-3-2-4-7-23/h2-4,6-13,20,22H,5,14-19,21H2,1H3. The SMILES string of the molecule is COc1ccc(-c2coc3cc(OCCCSC(=S)N4CCN(Cc5ccccc5)CC4)ccc3c2=O)cc1. The third-order valence-corrected chi connectivity index (χ3v) is 8.42. The van der Waals surface area contributed by atoms with Gasteiger partial charge in [-0.25, -0.2) is 0 Å². The van der Waals surface area contributed by atoms with Crippen LogP contribution in [-0.4, -0.2) is 59.8 Å². The minimum atomic E-state index is -0.0706. The first-order valence-electron chi connectivity index (χ1n) is 13.1. The van der Waals surface area contributed by atoms with E-state index in [1.807, 2.05) is 30.3 Å². The molecule has 1 aromatic heterocycles. The lowest BCUT2D eigenvalue weighted by Crippen LogP contribution is -2.47. The largest absolute Gasteiger partial charge is 0.497 e. The van der Waals surface area contributed by atoms with Crippen molar-refractivity contribution in [3.05, 3.63) is 94.8 Å². The third kappa shape index (κ3) is 7.01. The fourth-order valence-electron chi connectivity index (χ4n) is 4.60. The van der Waals surface area contributed by atoms with Crippen molar-refractivity contribution < 1.29 is 13.9 Å². The quantitative estimate of drug-likeness (QED) is 0.181. The first-order chi connectivity index (χ1) is 19.1. The highest BCUT2D eigenvalue weighted by atomic mass is 32.2. The molecule has 0 spiro atoms. The molecule has 202 valence electrons. The summed E-state index contributed by atoms with van der Waals surface area (Å²) in [5.41, 5.74) is 3.10. The van der Waals surface area contributed by atoms with Crippen LogP contribution >= 0.6 is 24.0 Å². The molecule has 39 heavy (non-hydrogen) atoms. The zero-order chi connectivity index (χ0) is 27.0. The van der Waals surface area contributed by atoms with E-state index in [4.69, 9.17) is 26.1 Å². The second-order valence-electron chi connectivity index (χ2n) is 9.43. The molecular formula is C31H32N2O4S2. The Labute approximate surface area is 238 Å². The molecule has 1 aliphatic rings. The summed E-state index contributed by atoms with van der Waals surface area (Å²) in [4.78, 5) is 17.8. The van der Waals surface area contributed by atoms with Crippen LogP contribution in [0.1, 0.15) is 12.0 Å². The van der Waals surface area contributed by atoms with E-state index in [0.717, 1.165) is 60.5 Å². The maximum absolute atomic E-state index is 13.0. The van der Waals surface area contributed by atoms with Crippen LogP contribution in [0.4, 0.5) is 0 Å². The molecule has 4 aromatic rings. The fraction of sp³-hybridized carbons (Fsp3) is 0.290. The first-order valence-corrected chi connectivity index (χ1v) is 14.5. The molecular weight excluding hydrogens is 528 g/mol. The van der Waals surface area contributed by atoms with Gasteiger partial charge in [0.2, 0.25) is 0 Å². The fourth-order valence-corrected chi connectivity index (χ4v) is 5.83. The molecule has 6 nitrogen and oxygen atoms in total. The molecule has 5 rings (SSSR count). The zero-order valence-corrected chi connectivity index (χ0v) is 23.6. The molecule has 0 N–H and O–H groups in total. The van der Waals surface area contributed by atoms with Crippen LogP contribution in [0, 0.1) is 0 Å². The maximum Gasteiger partial charge on any atom is 0.200 e. The first kappa shape index (κ1) is 27.2. The van der Waals surface area contributed by atoms with Crippen molar-refractivity contribution in [1.29, 1.82) is 0 Å². The number of ether oxygens (including phenoxy) is 2. The van der Waals surface area contributed by atoms with E-state index in [-0.39, 0.29) is 5.43 Å². The maximum atomic E-state index is 13.0. The van der Waals surface area contributed by atoms with E-state index in [9.17, 15) is 4.79 Å². The van der Waals surface area contributed by atoms with Crippen molar-refractivity contribution in [2.75, 3.05) is 45.6 Å². The molecule has 0 atom stereocenters. The molecule has 0 amide bonds. The summed E-state index contributed by atoms with van der Waals surface area (Å²) in [5.74, 6) is 2.32. The predicted molar refractivity (Wildman–Crippen MR) is 163 cm³/mol. The Morgan fingerprint density at radius 3 is 2.46 bits per heavy atom. The van der Waals surface area contributed by atoms with Crippen LogP contribution in [0.15, 0.2) is 88.3 Å². The Morgan fingerprint density at radius 2 is 1.72 bits per heavy atom. The lowest BCUT2D eigenvalue weighted by Gasteiger charge is -2.35. The van der Waals surface area contributed by atoms with Gasteiger partial charge in [0.1, 0.15) is 27.7 Å². The van der Waals surface area contributed by atoms with Gasteiger partial charge in [0.25, 0.3) is 0 Å². The summed E-state index contributed by atoms with van der Waals surface area (Å²) in [6.07, 6.45) is 2.38. The second-order valence-corrected chi connectivity index (χ2v) is 11.2. The minimum Gasteiger partial charge on any atom is -0.497 e. The van der Waals surface area contributed by atoms with Crippen LogP contribution in [0.2, 0.25) is 0 Å². The van der Waals surface area contributed by atoms with E-state index in [2.05, 4.69) is 40.1 Å². The molecule has 1 aliphatic heterocycles. The van der Waals surface area contributed by atoms with Gasteiger partial charge in [-0.05, 0) is 41.8 Å². The van der Waals surface area contributed by atoms with Gasteiger partial charge < -0.3 is 18.8 Å². The summed E-state index contributed by atoms with van der Waals surface area (Å²) in [6, 6.07) is 23.3. The van der Waals surface area contributed by atoms with Crippen LogP contribution in [0.5, 0.6) is 11.5 Å². The zero-order valence-electron chi connectivity index (χ0n) is 22.0. The highest BCUT2D eigenvalue weighted by Crippen LogP contribution is 2.25. The topological polar surface area (TPSA) is 55.2 Å². The number of methoxy groups -OCH3 is 1. The summed E-state index contributed by atoms with van der Waals surface area (Å²) < 4.78 is 17.9. The number of benzene rings is 3. The van der Waals surface area contributed by atoms with E-state index >= 15 is 0 Å². The normalized spacial score (nSPS) is 13.9. The number of thioether (sulfide) groups is 1. The third-order valence-electron chi connectivity index (χ3n) is 6.81. The van der Waals surface area contributed by atoms with Gasteiger partial charge in [-0.3, -0.25) is 9.69 Å². The summed E-state index contributed by atoms with van der Waals surface area (Å²) in [7, 11) is 1.61. The summed E-state index contributed by atoms with van der Waals surface area (Å²) in [6.45, 7) is 5.56. The summed E-state index contributed by atoms with van der Waals surface area (Å²) in [5, 5.41) is 0.528. The van der Waals surface area contributed by atoms with Gasteiger partial charge in [-0.15, -0.1) is 0 Å². The Morgan fingerprint density at radius 1 is 0.974 bits per heavy atom. The lowest BCUT2D eigenvalue weighted by molar-refractivity contribution is 0.179. The Hall–Kier alpha value is -3.33. The van der Waals surface area contributed by atoms with Crippen molar-refractivity contribution in [3.63, 3.8) is 0 Å². The van der Waals surface area contributed by atoms with Crippen LogP contribution in [-0.2, 0) is 6.54 Å². The van der Waals surface area contributed by atoms with Gasteiger partial charge in [0.05, 0.1) is 24.7 Å². The second kappa shape index (κ2) is 13.2. The van der Waals surface area contributed by atoms with Gasteiger partial charge in [0.15, 0.2) is 5.43 Å². The molecule has 1 saturated heterocycles. The molecule has 0 bridgehead atoms. The number of nitrogens with zero attached hydrogens (tertiary/aromatic N) is 2. The monoisotopic (exact) mass is 560 g/mol. The van der Waals surface area contributed by atoms with E-state index in [1.54, 1.807) is 31.0 Å². The van der Waals surface area contributed by atoms with Crippen molar-refractivity contribution in [2.45, 2.75) is 13.0 Å². The lowest BCUT2D eigenvalue weighted by atomic mass is 10.1. The highest BCUT2D eigenvalue weighted by molar-refractivity contribution is 8.22. The number of rotatable bonds is 9. The van der Waals surface area contributed by atoms with E-state index in [0.29, 0.717) is 28.9 Å². The van der Waals surface area contributed by atoms with Crippen LogP contribution in [0.3, 0.4) is 0 Å². The number of thiocarbonyl (C=S) groups is 1.